The van der Waals surface area contributed by atoms with Crippen molar-refractivity contribution in [3.63, 3.8) is 0 Å². The number of amides is 1. The zero-order chi connectivity index (χ0) is 14.8. The number of benzene rings is 1. The Morgan fingerprint density at radius 2 is 2.00 bits per heavy atom. The molecule has 1 aromatic carbocycles. The van der Waals surface area contributed by atoms with Crippen LogP contribution in [-0.2, 0) is 11.3 Å². The van der Waals surface area contributed by atoms with Crippen LogP contribution >= 0.6 is 23.2 Å². The predicted molar refractivity (Wildman–Crippen MR) is 83.1 cm³/mol. The molecule has 0 aliphatic carbocycles. The van der Waals surface area contributed by atoms with E-state index in [-0.39, 0.29) is 11.3 Å². The van der Waals surface area contributed by atoms with Crippen molar-refractivity contribution in [1.29, 1.82) is 0 Å². The molecule has 1 unspecified atom stereocenters. The Morgan fingerprint density at radius 3 is 2.55 bits per heavy atom. The highest BCUT2D eigenvalue weighted by molar-refractivity contribution is 6.34. The second-order valence-electron chi connectivity index (χ2n) is 5.78. The van der Waals surface area contributed by atoms with Crippen LogP contribution in [0.4, 0.5) is 0 Å². The van der Waals surface area contributed by atoms with Crippen molar-refractivity contribution >= 4 is 29.1 Å². The maximum absolute atomic E-state index is 12.6. The first kappa shape index (κ1) is 15.6. The number of hydrogen-bond acceptors (Lipinski definition) is 2. The van der Waals surface area contributed by atoms with Gasteiger partial charge in [0.15, 0.2) is 0 Å². The zero-order valence-electron chi connectivity index (χ0n) is 11.9. The molecule has 0 bridgehead atoms. The molecule has 3 nitrogen and oxygen atoms in total. The highest BCUT2D eigenvalue weighted by Gasteiger charge is 2.36. The van der Waals surface area contributed by atoms with Crippen molar-refractivity contribution in [3.05, 3.63) is 33.8 Å². The van der Waals surface area contributed by atoms with E-state index in [1.165, 1.54) is 0 Å². The molecule has 110 valence electrons. The SMILES string of the molecule is CN(Cc1cc(Cl)cc(Cl)c1)C(=O)C1(C)CCCNC1. The molecular weight excluding hydrogens is 295 g/mol. The molecule has 1 atom stereocenters. The fourth-order valence-corrected chi connectivity index (χ4v) is 3.32. The molecule has 2 rings (SSSR count). The van der Waals surface area contributed by atoms with Crippen molar-refractivity contribution in [1.82, 2.24) is 10.2 Å². The van der Waals surface area contributed by atoms with Gasteiger partial charge in [-0.1, -0.05) is 23.2 Å². The highest BCUT2D eigenvalue weighted by Crippen LogP contribution is 2.28. The molecule has 1 N–H and O–H groups in total. The fourth-order valence-electron chi connectivity index (χ4n) is 2.75. The van der Waals surface area contributed by atoms with Crippen LogP contribution in [0.5, 0.6) is 0 Å². The van der Waals surface area contributed by atoms with Gasteiger partial charge in [0.25, 0.3) is 0 Å². The number of carbonyl (C=O) groups is 1. The van der Waals surface area contributed by atoms with Crippen LogP contribution < -0.4 is 5.32 Å². The van der Waals surface area contributed by atoms with Gasteiger partial charge < -0.3 is 10.2 Å². The van der Waals surface area contributed by atoms with Gasteiger partial charge in [0.1, 0.15) is 0 Å². The first-order valence-electron chi connectivity index (χ1n) is 6.82. The molecule has 1 heterocycles. The number of hydrogen-bond donors (Lipinski definition) is 1. The van der Waals surface area contributed by atoms with Gasteiger partial charge in [-0.25, -0.2) is 0 Å². The molecule has 1 aliphatic heterocycles. The summed E-state index contributed by atoms with van der Waals surface area (Å²) in [6.45, 7) is 4.29. The van der Waals surface area contributed by atoms with Gasteiger partial charge in [-0.15, -0.1) is 0 Å². The number of piperidine rings is 1. The molecule has 1 saturated heterocycles. The van der Waals surface area contributed by atoms with Gasteiger partial charge in [-0.3, -0.25) is 4.79 Å². The van der Waals surface area contributed by atoms with E-state index in [1.807, 2.05) is 26.1 Å². The van der Waals surface area contributed by atoms with Gasteiger partial charge in [0.2, 0.25) is 5.91 Å². The fraction of sp³-hybridized carbons (Fsp3) is 0.533. The van der Waals surface area contributed by atoms with Gasteiger partial charge >= 0.3 is 0 Å². The molecule has 0 radical (unpaired) electrons. The summed E-state index contributed by atoms with van der Waals surface area (Å²) in [6.07, 6.45) is 1.97. The van der Waals surface area contributed by atoms with Gasteiger partial charge in [-0.2, -0.15) is 0 Å². The van der Waals surface area contributed by atoms with Crippen LogP contribution in [0.15, 0.2) is 18.2 Å². The van der Waals surface area contributed by atoms with E-state index in [4.69, 9.17) is 23.2 Å². The predicted octanol–water partition coefficient (Wildman–Crippen LogP) is 3.34. The molecule has 5 heteroatoms. The number of rotatable bonds is 3. The first-order valence-corrected chi connectivity index (χ1v) is 7.57. The summed E-state index contributed by atoms with van der Waals surface area (Å²) in [5.41, 5.74) is 0.640. The molecule has 1 aromatic rings. The molecule has 1 fully saturated rings. The average Bonchev–Trinajstić information content (AvgIpc) is 2.37. The van der Waals surface area contributed by atoms with E-state index in [0.29, 0.717) is 16.6 Å². The summed E-state index contributed by atoms with van der Waals surface area (Å²) in [7, 11) is 1.83. The summed E-state index contributed by atoms with van der Waals surface area (Å²) < 4.78 is 0. The number of nitrogens with one attached hydrogen (secondary N) is 1. The van der Waals surface area contributed by atoms with E-state index >= 15 is 0 Å². The smallest absolute Gasteiger partial charge is 0.229 e. The molecule has 1 amide bonds. The Labute approximate surface area is 130 Å². The Hall–Kier alpha value is -0.770. The van der Waals surface area contributed by atoms with Crippen LogP contribution in [0.1, 0.15) is 25.3 Å². The van der Waals surface area contributed by atoms with Gasteiger partial charge in [0, 0.05) is 30.2 Å². The third kappa shape index (κ3) is 3.66. The molecule has 20 heavy (non-hydrogen) atoms. The van der Waals surface area contributed by atoms with E-state index in [1.54, 1.807) is 11.0 Å². The summed E-state index contributed by atoms with van der Waals surface area (Å²) in [4.78, 5) is 14.4. The Morgan fingerprint density at radius 1 is 1.35 bits per heavy atom. The maximum atomic E-state index is 12.6. The van der Waals surface area contributed by atoms with E-state index in [2.05, 4.69) is 5.32 Å². The average molecular weight is 315 g/mol. The van der Waals surface area contributed by atoms with Crippen molar-refractivity contribution in [2.45, 2.75) is 26.3 Å². The summed E-state index contributed by atoms with van der Waals surface area (Å²) in [5.74, 6) is 0.167. The maximum Gasteiger partial charge on any atom is 0.229 e. The second kappa shape index (κ2) is 6.33. The number of halogens is 2. The molecule has 0 saturated carbocycles. The third-order valence-electron chi connectivity index (χ3n) is 3.80. The van der Waals surface area contributed by atoms with Gasteiger partial charge in [0.05, 0.1) is 5.41 Å². The van der Waals surface area contributed by atoms with Crippen molar-refractivity contribution < 1.29 is 4.79 Å². The minimum atomic E-state index is -0.310. The van der Waals surface area contributed by atoms with E-state index < -0.39 is 0 Å². The zero-order valence-corrected chi connectivity index (χ0v) is 13.4. The Bertz CT molecular complexity index is 478. The van der Waals surface area contributed by atoms with Crippen LogP contribution in [0, 0.1) is 5.41 Å². The molecule has 0 aromatic heterocycles. The Balaban J connectivity index is 2.07. The molecule has 0 spiro atoms. The summed E-state index contributed by atoms with van der Waals surface area (Å²) in [6, 6.07) is 5.39. The largest absolute Gasteiger partial charge is 0.341 e. The van der Waals surface area contributed by atoms with Crippen LogP contribution in [0.2, 0.25) is 10.0 Å². The lowest BCUT2D eigenvalue weighted by Crippen LogP contribution is -2.48. The molecular formula is C15H20Cl2N2O. The lowest BCUT2D eigenvalue weighted by molar-refractivity contribution is -0.141. The lowest BCUT2D eigenvalue weighted by atomic mass is 9.81. The standard InChI is InChI=1S/C15H20Cl2N2O/c1-15(4-3-5-18-10-15)14(20)19(2)9-11-6-12(16)8-13(17)7-11/h6-8,18H,3-5,9-10H2,1-2H3. The minimum Gasteiger partial charge on any atom is -0.341 e. The summed E-state index contributed by atoms with van der Waals surface area (Å²) >= 11 is 12.0. The van der Waals surface area contributed by atoms with E-state index in [0.717, 1.165) is 31.5 Å². The van der Waals surface area contributed by atoms with Crippen LogP contribution in [0.25, 0.3) is 0 Å². The monoisotopic (exact) mass is 314 g/mol. The quantitative estimate of drug-likeness (QED) is 0.928. The number of carbonyl (C=O) groups excluding carboxylic acids is 1. The lowest BCUT2D eigenvalue weighted by Gasteiger charge is -2.36. The summed E-state index contributed by atoms with van der Waals surface area (Å²) in [5, 5.41) is 4.50. The van der Waals surface area contributed by atoms with Crippen molar-refractivity contribution in [2.75, 3.05) is 20.1 Å². The Kier molecular flexibility index (Phi) is 4.95. The second-order valence-corrected chi connectivity index (χ2v) is 6.65. The van der Waals surface area contributed by atoms with Crippen molar-refractivity contribution in [3.8, 4) is 0 Å². The topological polar surface area (TPSA) is 32.3 Å². The van der Waals surface area contributed by atoms with Crippen LogP contribution in [0.3, 0.4) is 0 Å². The third-order valence-corrected chi connectivity index (χ3v) is 4.24. The van der Waals surface area contributed by atoms with Crippen LogP contribution in [-0.4, -0.2) is 30.9 Å². The molecule has 1 aliphatic rings. The van der Waals surface area contributed by atoms with Crippen molar-refractivity contribution in [2.24, 2.45) is 5.41 Å². The number of nitrogens with zero attached hydrogens (tertiary/aromatic N) is 1. The van der Waals surface area contributed by atoms with E-state index in [9.17, 15) is 4.79 Å². The first-order chi connectivity index (χ1) is 9.40. The normalized spacial score (nSPS) is 22.6. The van der Waals surface area contributed by atoms with Gasteiger partial charge in [-0.05, 0) is 50.1 Å². The highest BCUT2D eigenvalue weighted by atomic mass is 35.5. The minimum absolute atomic E-state index is 0.167.